The number of hydrogen-bond acceptors (Lipinski definition) is 7. The van der Waals surface area contributed by atoms with Gasteiger partial charge in [0.1, 0.15) is 18.0 Å². The Hall–Kier alpha value is -3.08. The Labute approximate surface area is 172 Å². The molecule has 3 rings (SSSR count). The molecule has 0 saturated heterocycles. The first kappa shape index (κ1) is 21.6. The number of rotatable bonds is 9. The average molecular weight is 417 g/mol. The van der Waals surface area contributed by atoms with Gasteiger partial charge in [-0.2, -0.15) is 0 Å². The number of ether oxygens (including phenoxy) is 1. The number of aryl methyl sites for hydroxylation is 1. The molecule has 160 valence electrons. The number of fused-ring (bicyclic) bond motifs is 1. The van der Waals surface area contributed by atoms with E-state index in [9.17, 15) is 14.3 Å². The molecule has 0 spiro atoms. The number of nitrogens with zero attached hydrogens (tertiary/aromatic N) is 3. The Kier molecular flexibility index (Phi) is 6.60. The molecule has 0 saturated carbocycles. The quantitative estimate of drug-likeness (QED) is 0.279. The second-order valence-corrected chi connectivity index (χ2v) is 7.18. The number of halogens is 1. The van der Waals surface area contributed by atoms with E-state index in [1.165, 1.54) is 32.4 Å². The number of imidazole rings is 1. The number of amides is 1. The predicted molar refractivity (Wildman–Crippen MR) is 108 cm³/mol. The Balaban J connectivity index is 1.72. The molecule has 0 fully saturated rings. The normalized spacial score (nSPS) is 11.6. The lowest BCUT2D eigenvalue weighted by molar-refractivity contribution is -0.178. The second-order valence-electron chi connectivity index (χ2n) is 7.18. The van der Waals surface area contributed by atoms with E-state index >= 15 is 0 Å². The summed E-state index contributed by atoms with van der Waals surface area (Å²) in [4.78, 5) is 26.0. The summed E-state index contributed by atoms with van der Waals surface area (Å²) in [5.41, 5.74) is 3.93. The van der Waals surface area contributed by atoms with Crippen LogP contribution in [0.5, 0.6) is 0 Å². The molecule has 10 heteroatoms. The van der Waals surface area contributed by atoms with Crippen LogP contribution in [-0.2, 0) is 9.57 Å². The fourth-order valence-electron chi connectivity index (χ4n) is 2.65. The minimum absolute atomic E-state index is 0.00761. The lowest BCUT2D eigenvalue weighted by atomic mass is 10.2. The first-order valence-electron chi connectivity index (χ1n) is 9.37. The zero-order valence-corrected chi connectivity index (χ0v) is 17.0. The van der Waals surface area contributed by atoms with Crippen LogP contribution in [0.4, 0.5) is 15.9 Å². The van der Waals surface area contributed by atoms with Gasteiger partial charge in [0.15, 0.2) is 11.5 Å². The number of aliphatic hydroxyl groups is 1. The summed E-state index contributed by atoms with van der Waals surface area (Å²) < 4.78 is 21.1. The van der Waals surface area contributed by atoms with Gasteiger partial charge in [-0.1, -0.05) is 6.07 Å². The molecule has 1 aromatic carbocycles. The van der Waals surface area contributed by atoms with E-state index in [1.807, 2.05) is 0 Å². The monoisotopic (exact) mass is 417 g/mol. The van der Waals surface area contributed by atoms with Crippen LogP contribution >= 0.6 is 0 Å². The van der Waals surface area contributed by atoms with Crippen LogP contribution in [0, 0.1) is 12.7 Å². The molecule has 3 N–H and O–H groups in total. The van der Waals surface area contributed by atoms with Crippen LogP contribution in [0.3, 0.4) is 0 Å². The average Bonchev–Trinajstić information content (AvgIpc) is 3.15. The fourth-order valence-corrected chi connectivity index (χ4v) is 2.65. The Bertz CT molecular complexity index is 1030. The van der Waals surface area contributed by atoms with E-state index in [4.69, 9.17) is 9.57 Å². The molecular weight excluding hydrogens is 393 g/mol. The van der Waals surface area contributed by atoms with Gasteiger partial charge in [-0.15, -0.1) is 0 Å². The van der Waals surface area contributed by atoms with Crippen LogP contribution in [0.25, 0.3) is 5.52 Å². The van der Waals surface area contributed by atoms with Gasteiger partial charge in [-0.3, -0.25) is 14.0 Å². The molecule has 0 aliphatic heterocycles. The number of aromatic nitrogens is 3. The van der Waals surface area contributed by atoms with Crippen molar-refractivity contribution in [2.24, 2.45) is 0 Å². The Morgan fingerprint density at radius 2 is 2.10 bits per heavy atom. The van der Waals surface area contributed by atoms with Crippen molar-refractivity contribution >= 4 is 22.9 Å². The van der Waals surface area contributed by atoms with Crippen molar-refractivity contribution in [1.82, 2.24) is 19.8 Å². The van der Waals surface area contributed by atoms with Gasteiger partial charge in [-0.05, 0) is 44.9 Å². The lowest BCUT2D eigenvalue weighted by Gasteiger charge is -2.17. The van der Waals surface area contributed by atoms with Gasteiger partial charge in [-0.25, -0.2) is 19.8 Å². The van der Waals surface area contributed by atoms with Crippen LogP contribution in [-0.4, -0.2) is 44.4 Å². The highest BCUT2D eigenvalue weighted by atomic mass is 19.1. The van der Waals surface area contributed by atoms with Gasteiger partial charge in [0.05, 0.1) is 36.8 Å². The van der Waals surface area contributed by atoms with Crippen molar-refractivity contribution in [2.45, 2.75) is 33.0 Å². The zero-order valence-electron chi connectivity index (χ0n) is 17.0. The largest absolute Gasteiger partial charge is 0.366 e. The van der Waals surface area contributed by atoms with E-state index in [-0.39, 0.29) is 30.4 Å². The summed E-state index contributed by atoms with van der Waals surface area (Å²) >= 11 is 0. The molecule has 9 nitrogen and oxygen atoms in total. The smallest absolute Gasteiger partial charge is 0.297 e. The summed E-state index contributed by atoms with van der Waals surface area (Å²) in [6.07, 6.45) is 5.01. The molecule has 0 bridgehead atoms. The number of nitrogens with one attached hydrogen (secondary N) is 2. The number of benzene rings is 1. The molecule has 0 aliphatic carbocycles. The van der Waals surface area contributed by atoms with Crippen molar-refractivity contribution < 1.29 is 23.9 Å². The molecule has 0 radical (unpaired) electrons. The summed E-state index contributed by atoms with van der Waals surface area (Å²) in [6, 6.07) is 4.73. The van der Waals surface area contributed by atoms with E-state index in [1.54, 1.807) is 29.7 Å². The molecule has 3 aromatic rings. The zero-order chi connectivity index (χ0) is 21.7. The minimum atomic E-state index is -1.22. The van der Waals surface area contributed by atoms with E-state index < -0.39 is 17.5 Å². The number of hydroxylamine groups is 1. The highest BCUT2D eigenvalue weighted by molar-refractivity contribution is 5.97. The molecule has 0 atom stereocenters. The van der Waals surface area contributed by atoms with Crippen molar-refractivity contribution in [3.8, 4) is 0 Å². The van der Waals surface area contributed by atoms with Crippen LogP contribution in [0.1, 0.15) is 36.3 Å². The van der Waals surface area contributed by atoms with Crippen LogP contribution in [0.2, 0.25) is 0 Å². The molecule has 1 amide bonds. The fraction of sp³-hybridized carbons (Fsp3) is 0.350. The van der Waals surface area contributed by atoms with E-state index in [0.29, 0.717) is 11.9 Å². The van der Waals surface area contributed by atoms with Crippen molar-refractivity contribution in [3.63, 3.8) is 0 Å². The predicted octanol–water partition coefficient (Wildman–Crippen LogP) is 2.72. The molecule has 2 heterocycles. The highest BCUT2D eigenvalue weighted by Crippen LogP contribution is 2.24. The number of carbonyl (C=O) groups excluding carboxylic acids is 1. The maximum Gasteiger partial charge on any atom is 0.297 e. The summed E-state index contributed by atoms with van der Waals surface area (Å²) in [6.45, 7) is 5.27. The van der Waals surface area contributed by atoms with Gasteiger partial charge in [0, 0.05) is 0 Å². The summed E-state index contributed by atoms with van der Waals surface area (Å²) in [5.74, 6) is -2.04. The summed E-state index contributed by atoms with van der Waals surface area (Å²) in [5, 5.41) is 12.4. The number of hydrogen-bond donors (Lipinski definition) is 3. The number of anilines is 2. The Morgan fingerprint density at radius 3 is 2.83 bits per heavy atom. The molecule has 2 aromatic heterocycles. The third-order valence-electron chi connectivity index (χ3n) is 4.06. The lowest BCUT2D eigenvalue weighted by Crippen LogP contribution is -2.28. The third-order valence-corrected chi connectivity index (χ3v) is 4.06. The molecule has 30 heavy (non-hydrogen) atoms. The van der Waals surface area contributed by atoms with Gasteiger partial charge in [0.25, 0.3) is 5.91 Å². The topological polar surface area (TPSA) is 110 Å². The van der Waals surface area contributed by atoms with Crippen molar-refractivity contribution in [2.75, 3.05) is 18.5 Å². The van der Waals surface area contributed by atoms with Gasteiger partial charge in [0.2, 0.25) is 0 Å². The molecule has 0 unspecified atom stereocenters. The first-order valence-corrected chi connectivity index (χ1v) is 9.37. The number of carbonyl (C=O) groups is 1. The molecule has 0 aliphatic rings. The Morgan fingerprint density at radius 1 is 1.30 bits per heavy atom. The van der Waals surface area contributed by atoms with Crippen LogP contribution < -0.4 is 10.8 Å². The minimum Gasteiger partial charge on any atom is -0.366 e. The highest BCUT2D eigenvalue weighted by Gasteiger charge is 2.19. The standard InChI is InChI=1S/C20H24FN5O4/c1-13-5-6-16(15(21)9-13)24-18-17(23-11-14-10-22-12-26(14)18)19(27)25-30-8-4-7-29-20(2,3)28/h5-6,9-12,24,28H,4,7-8H2,1-3H3,(H,25,27). The second kappa shape index (κ2) is 9.16. The van der Waals surface area contributed by atoms with Crippen molar-refractivity contribution in [1.29, 1.82) is 0 Å². The van der Waals surface area contributed by atoms with E-state index in [2.05, 4.69) is 20.8 Å². The maximum atomic E-state index is 14.3. The summed E-state index contributed by atoms with van der Waals surface area (Å²) in [7, 11) is 0. The SMILES string of the molecule is Cc1ccc(Nc2c(C(=O)NOCCCOC(C)(C)O)ncc3cncn23)c(F)c1. The van der Waals surface area contributed by atoms with Crippen molar-refractivity contribution in [3.05, 3.63) is 54.0 Å². The van der Waals surface area contributed by atoms with E-state index in [0.717, 1.165) is 5.56 Å². The van der Waals surface area contributed by atoms with Gasteiger partial charge < -0.3 is 15.2 Å². The first-order chi connectivity index (χ1) is 14.2. The van der Waals surface area contributed by atoms with Crippen LogP contribution in [0.15, 0.2) is 36.9 Å². The van der Waals surface area contributed by atoms with Gasteiger partial charge >= 0.3 is 0 Å². The third kappa shape index (κ3) is 5.50. The molecular formula is C20H24FN5O4. The maximum absolute atomic E-state index is 14.3.